The van der Waals surface area contributed by atoms with Crippen LogP contribution in [0.4, 0.5) is 4.39 Å². The Bertz CT molecular complexity index is 1080. The SMILES string of the molecule is Cc1cc(-c2c(-c3ccccc3C)c(C(=O)O)n(C(C)C)c2C=O)ccc1F. The molecule has 3 rings (SSSR count). The predicted octanol–water partition coefficient (Wildman–Crippen LogP) is 5.67. The third kappa shape index (κ3) is 3.13. The number of aromatic nitrogens is 1. The van der Waals surface area contributed by atoms with Gasteiger partial charge >= 0.3 is 5.97 Å². The van der Waals surface area contributed by atoms with Gasteiger partial charge in [0, 0.05) is 17.2 Å². The summed E-state index contributed by atoms with van der Waals surface area (Å²) in [6.45, 7) is 7.21. The van der Waals surface area contributed by atoms with E-state index in [1.165, 1.54) is 6.07 Å². The summed E-state index contributed by atoms with van der Waals surface area (Å²) >= 11 is 0. The number of hydrogen-bond acceptors (Lipinski definition) is 2. The van der Waals surface area contributed by atoms with Crippen molar-refractivity contribution in [2.75, 3.05) is 0 Å². The van der Waals surface area contributed by atoms with Crippen LogP contribution in [-0.4, -0.2) is 21.9 Å². The van der Waals surface area contributed by atoms with E-state index >= 15 is 0 Å². The molecular formula is C23H22FNO3. The average Bonchev–Trinajstić information content (AvgIpc) is 3.00. The van der Waals surface area contributed by atoms with Crippen LogP contribution in [0.15, 0.2) is 42.5 Å². The fourth-order valence-electron chi connectivity index (χ4n) is 3.68. The topological polar surface area (TPSA) is 59.3 Å². The number of aryl methyl sites for hydroxylation is 2. The maximum Gasteiger partial charge on any atom is 0.353 e. The normalized spacial score (nSPS) is 11.1. The second-order valence-electron chi connectivity index (χ2n) is 7.15. The van der Waals surface area contributed by atoms with Crippen molar-refractivity contribution >= 4 is 12.3 Å². The van der Waals surface area contributed by atoms with Crippen LogP contribution in [0.1, 0.15) is 52.0 Å². The molecule has 0 aliphatic heterocycles. The van der Waals surface area contributed by atoms with E-state index in [4.69, 9.17) is 0 Å². The molecule has 0 aliphatic carbocycles. The number of carbonyl (C=O) groups excluding carboxylic acids is 1. The monoisotopic (exact) mass is 379 g/mol. The van der Waals surface area contributed by atoms with Gasteiger partial charge in [-0.2, -0.15) is 0 Å². The molecule has 0 amide bonds. The van der Waals surface area contributed by atoms with Crippen LogP contribution in [0.5, 0.6) is 0 Å². The minimum atomic E-state index is -1.11. The number of halogens is 1. The molecule has 0 unspecified atom stereocenters. The Morgan fingerprint density at radius 3 is 2.29 bits per heavy atom. The minimum Gasteiger partial charge on any atom is -0.477 e. The van der Waals surface area contributed by atoms with Crippen molar-refractivity contribution in [2.45, 2.75) is 33.7 Å². The number of nitrogens with zero attached hydrogens (tertiary/aromatic N) is 1. The quantitative estimate of drug-likeness (QED) is 0.581. The molecule has 1 N–H and O–H groups in total. The van der Waals surface area contributed by atoms with E-state index in [0.717, 1.165) is 11.1 Å². The van der Waals surface area contributed by atoms with Crippen LogP contribution in [0.3, 0.4) is 0 Å². The van der Waals surface area contributed by atoms with Gasteiger partial charge in [0.1, 0.15) is 11.5 Å². The fraction of sp³-hybridized carbons (Fsp3) is 0.217. The number of carboxylic acid groups (broad SMARTS) is 1. The molecule has 28 heavy (non-hydrogen) atoms. The highest BCUT2D eigenvalue weighted by molar-refractivity contribution is 6.06. The van der Waals surface area contributed by atoms with Crippen LogP contribution < -0.4 is 0 Å². The second kappa shape index (κ2) is 7.43. The molecule has 3 aromatic rings. The minimum absolute atomic E-state index is 0.0587. The van der Waals surface area contributed by atoms with Crippen molar-refractivity contribution in [1.29, 1.82) is 0 Å². The van der Waals surface area contributed by atoms with Gasteiger partial charge in [-0.3, -0.25) is 4.79 Å². The lowest BCUT2D eigenvalue weighted by Crippen LogP contribution is -2.14. The van der Waals surface area contributed by atoms with Crippen molar-refractivity contribution in [3.63, 3.8) is 0 Å². The van der Waals surface area contributed by atoms with E-state index < -0.39 is 5.97 Å². The Morgan fingerprint density at radius 2 is 1.75 bits per heavy atom. The fourth-order valence-corrected chi connectivity index (χ4v) is 3.68. The lowest BCUT2D eigenvalue weighted by molar-refractivity contribution is 0.0684. The first kappa shape index (κ1) is 19.5. The van der Waals surface area contributed by atoms with Gasteiger partial charge in [0.25, 0.3) is 0 Å². The third-order valence-corrected chi connectivity index (χ3v) is 4.94. The van der Waals surface area contributed by atoms with Gasteiger partial charge < -0.3 is 9.67 Å². The summed E-state index contributed by atoms with van der Waals surface area (Å²) in [4.78, 5) is 24.4. The van der Waals surface area contributed by atoms with E-state index in [9.17, 15) is 19.1 Å². The van der Waals surface area contributed by atoms with Crippen LogP contribution in [0.2, 0.25) is 0 Å². The first-order valence-corrected chi connectivity index (χ1v) is 9.07. The first-order chi connectivity index (χ1) is 13.3. The number of benzene rings is 2. The molecule has 144 valence electrons. The zero-order valence-electron chi connectivity index (χ0n) is 16.3. The van der Waals surface area contributed by atoms with Crippen molar-refractivity contribution in [3.05, 3.63) is 70.8 Å². The van der Waals surface area contributed by atoms with Gasteiger partial charge in [-0.1, -0.05) is 30.3 Å². The molecule has 1 heterocycles. The molecule has 0 fully saturated rings. The summed E-state index contributed by atoms with van der Waals surface area (Å²) in [6, 6.07) is 11.8. The lowest BCUT2D eigenvalue weighted by Gasteiger charge is -2.13. The third-order valence-electron chi connectivity index (χ3n) is 4.94. The Balaban J connectivity index is 2.54. The average molecular weight is 379 g/mol. The van der Waals surface area contributed by atoms with Crippen LogP contribution >= 0.6 is 0 Å². The van der Waals surface area contributed by atoms with Gasteiger partial charge in [0.15, 0.2) is 6.29 Å². The number of aldehydes is 1. The summed E-state index contributed by atoms with van der Waals surface area (Å²) < 4.78 is 15.4. The van der Waals surface area contributed by atoms with Crippen LogP contribution in [0.25, 0.3) is 22.3 Å². The van der Waals surface area contributed by atoms with Gasteiger partial charge in [-0.25, -0.2) is 9.18 Å². The van der Waals surface area contributed by atoms with Crippen molar-refractivity contribution < 1.29 is 19.1 Å². The standard InChI is InChI=1S/C23H22FNO3/c1-13(2)25-19(12-26)20(16-9-10-18(24)15(4)11-16)21(22(25)23(27)28)17-8-6-5-7-14(17)3/h5-13H,1-4H3,(H,27,28). The number of carbonyl (C=O) groups is 2. The maximum atomic E-state index is 13.9. The highest BCUT2D eigenvalue weighted by Crippen LogP contribution is 2.42. The summed E-state index contributed by atoms with van der Waals surface area (Å²) in [5.41, 5.74) is 3.99. The van der Waals surface area contributed by atoms with Gasteiger partial charge in [-0.15, -0.1) is 0 Å². The predicted molar refractivity (Wildman–Crippen MR) is 107 cm³/mol. The Kier molecular flexibility index (Phi) is 5.18. The smallest absolute Gasteiger partial charge is 0.353 e. The number of aromatic carboxylic acids is 1. The molecule has 0 radical (unpaired) electrons. The summed E-state index contributed by atoms with van der Waals surface area (Å²) in [7, 11) is 0. The first-order valence-electron chi connectivity index (χ1n) is 9.07. The zero-order chi connectivity index (χ0) is 20.6. The Morgan fingerprint density at radius 1 is 1.07 bits per heavy atom. The van der Waals surface area contributed by atoms with Gasteiger partial charge in [0.2, 0.25) is 0 Å². The molecule has 4 nitrogen and oxygen atoms in total. The maximum absolute atomic E-state index is 13.9. The van der Waals surface area contributed by atoms with E-state index in [1.807, 2.05) is 45.0 Å². The van der Waals surface area contributed by atoms with Crippen molar-refractivity contribution in [3.8, 4) is 22.3 Å². The summed E-state index contributed by atoms with van der Waals surface area (Å²) in [6.07, 6.45) is 0.683. The second-order valence-corrected chi connectivity index (χ2v) is 7.15. The Labute approximate surface area is 163 Å². The molecule has 0 saturated heterocycles. The molecule has 0 saturated carbocycles. The van der Waals surface area contributed by atoms with Crippen LogP contribution in [0, 0.1) is 19.7 Å². The number of rotatable bonds is 5. The highest BCUT2D eigenvalue weighted by atomic mass is 19.1. The lowest BCUT2D eigenvalue weighted by atomic mass is 9.92. The number of carboxylic acids is 1. The molecule has 0 spiro atoms. The zero-order valence-corrected chi connectivity index (χ0v) is 16.3. The Hall–Kier alpha value is -3.21. The van der Waals surface area contributed by atoms with Crippen molar-refractivity contribution in [2.24, 2.45) is 0 Å². The molecule has 0 bridgehead atoms. The summed E-state index contributed by atoms with van der Waals surface area (Å²) in [5.74, 6) is -1.46. The molecule has 1 aromatic heterocycles. The van der Waals surface area contributed by atoms with Crippen molar-refractivity contribution in [1.82, 2.24) is 4.57 Å². The summed E-state index contributed by atoms with van der Waals surface area (Å²) in [5, 5.41) is 10.0. The largest absolute Gasteiger partial charge is 0.477 e. The molecule has 5 heteroatoms. The molecule has 2 aromatic carbocycles. The number of hydrogen-bond donors (Lipinski definition) is 1. The molecule has 0 atom stereocenters. The van der Waals surface area contributed by atoms with E-state index in [2.05, 4.69) is 0 Å². The van der Waals surface area contributed by atoms with Gasteiger partial charge in [-0.05, 0) is 62.1 Å². The van der Waals surface area contributed by atoms with Crippen LogP contribution in [-0.2, 0) is 0 Å². The molecule has 0 aliphatic rings. The van der Waals surface area contributed by atoms with Gasteiger partial charge in [0.05, 0.1) is 5.69 Å². The van der Waals surface area contributed by atoms with E-state index in [-0.39, 0.29) is 23.2 Å². The van der Waals surface area contributed by atoms with E-state index in [0.29, 0.717) is 28.5 Å². The van der Waals surface area contributed by atoms with E-state index in [1.54, 1.807) is 23.6 Å². The highest BCUT2D eigenvalue weighted by Gasteiger charge is 2.30. The molecular weight excluding hydrogens is 357 g/mol.